The van der Waals surface area contributed by atoms with E-state index in [1.165, 1.54) is 5.56 Å². The van der Waals surface area contributed by atoms with Crippen LogP contribution in [0.4, 0.5) is 0 Å². The van der Waals surface area contributed by atoms with Crippen molar-refractivity contribution >= 4 is 17.2 Å². The quantitative estimate of drug-likeness (QED) is 0.0851. The van der Waals surface area contributed by atoms with E-state index in [-0.39, 0.29) is 18.2 Å². The van der Waals surface area contributed by atoms with E-state index in [2.05, 4.69) is 85.7 Å². The van der Waals surface area contributed by atoms with Crippen LogP contribution in [0.15, 0.2) is 108 Å². The Morgan fingerprint density at radius 2 is 1.44 bits per heavy atom. The Hall–Kier alpha value is -4.23. The first-order chi connectivity index (χ1) is 23.5. The molecule has 48 heavy (non-hydrogen) atoms. The van der Waals surface area contributed by atoms with Crippen LogP contribution >= 0.6 is 11.3 Å². The topological polar surface area (TPSA) is 81.4 Å². The molecule has 0 amide bonds. The van der Waals surface area contributed by atoms with Gasteiger partial charge in [-0.2, -0.15) is 0 Å². The van der Waals surface area contributed by atoms with E-state index >= 15 is 0 Å². The van der Waals surface area contributed by atoms with E-state index in [4.69, 9.17) is 4.74 Å². The zero-order valence-corrected chi connectivity index (χ0v) is 29.5. The highest BCUT2D eigenvalue weighted by molar-refractivity contribution is 7.09. The number of ether oxygens (including phenoxy) is 1. The number of hydrogen-bond acceptors (Lipinski definition) is 6. The van der Waals surface area contributed by atoms with E-state index < -0.39 is 4.87 Å². The number of rotatable bonds is 22. The van der Waals surface area contributed by atoms with E-state index in [9.17, 15) is 14.7 Å². The number of unbranched alkanes of at least 4 members (excludes halogenated alkanes) is 3. The van der Waals surface area contributed by atoms with Crippen molar-refractivity contribution in [1.82, 2.24) is 9.55 Å². The molecule has 0 spiro atoms. The molecule has 1 aromatic carbocycles. The second-order valence-electron chi connectivity index (χ2n) is 11.6. The molecule has 0 aliphatic rings. The summed E-state index contributed by atoms with van der Waals surface area (Å²) in [5, 5.41) is 10.7. The number of aromatic nitrogens is 2. The van der Waals surface area contributed by atoms with Crippen LogP contribution in [0.1, 0.15) is 105 Å². The molecule has 2 aromatic heterocycles. The van der Waals surface area contributed by atoms with Gasteiger partial charge in [-0.05, 0) is 87.1 Å². The smallest absolute Gasteiger partial charge is 0.317 e. The molecule has 2 heterocycles. The zero-order valence-electron chi connectivity index (χ0n) is 28.7. The Labute approximate surface area is 290 Å². The third-order valence-electron chi connectivity index (χ3n) is 7.73. The van der Waals surface area contributed by atoms with Gasteiger partial charge in [0.25, 0.3) is 0 Å². The van der Waals surface area contributed by atoms with Crippen molar-refractivity contribution in [3.63, 3.8) is 0 Å². The molecule has 0 atom stereocenters. The van der Waals surface area contributed by atoms with E-state index in [1.807, 2.05) is 36.5 Å². The fourth-order valence-corrected chi connectivity index (χ4v) is 5.82. The van der Waals surface area contributed by atoms with Gasteiger partial charge >= 0.3 is 4.87 Å². The molecule has 0 fully saturated rings. The largest absolute Gasteiger partial charge is 0.493 e. The maximum Gasteiger partial charge on any atom is 0.317 e. The van der Waals surface area contributed by atoms with Gasteiger partial charge in [-0.1, -0.05) is 111 Å². The van der Waals surface area contributed by atoms with E-state index in [0.29, 0.717) is 24.3 Å². The van der Waals surface area contributed by atoms with Crippen LogP contribution in [0.3, 0.4) is 0 Å². The lowest BCUT2D eigenvalue weighted by Crippen LogP contribution is -2.20. The summed E-state index contributed by atoms with van der Waals surface area (Å²) >= 11 is 0.924. The van der Waals surface area contributed by atoms with Crippen LogP contribution in [-0.4, -0.2) is 27.2 Å². The van der Waals surface area contributed by atoms with Gasteiger partial charge in [-0.25, -0.2) is 4.57 Å². The number of nitrogens with zero attached hydrogens (tertiary/aromatic N) is 2. The number of aryl methyl sites for hydroxylation is 1. The Bertz CT molecular complexity index is 1560. The van der Waals surface area contributed by atoms with Crippen molar-refractivity contribution in [2.45, 2.75) is 97.3 Å². The first-order valence-corrected chi connectivity index (χ1v) is 18.2. The van der Waals surface area contributed by atoms with Crippen molar-refractivity contribution in [2.24, 2.45) is 0 Å². The summed E-state index contributed by atoms with van der Waals surface area (Å²) < 4.78 is 6.80. The van der Waals surface area contributed by atoms with Crippen molar-refractivity contribution in [3.8, 4) is 11.6 Å². The Balaban J connectivity index is 1.29. The molecule has 0 radical (unpaired) electrons. The van der Waals surface area contributed by atoms with Crippen molar-refractivity contribution < 1.29 is 14.6 Å². The summed E-state index contributed by atoms with van der Waals surface area (Å²) in [4.78, 5) is 29.9. The highest BCUT2D eigenvalue weighted by atomic mass is 32.1. The number of aromatic hydroxyl groups is 1. The minimum absolute atomic E-state index is 0.236. The second kappa shape index (κ2) is 23.2. The van der Waals surface area contributed by atoms with Crippen LogP contribution in [-0.2, 0) is 19.3 Å². The number of carbonyl (C=O) groups excluding carboxylic acids is 1. The molecule has 0 aliphatic heterocycles. The molecular formula is C41H52N2O4S. The van der Waals surface area contributed by atoms with Crippen molar-refractivity contribution in [3.05, 3.63) is 135 Å². The molecular weight excluding hydrogens is 617 g/mol. The Morgan fingerprint density at radius 1 is 0.812 bits per heavy atom. The summed E-state index contributed by atoms with van der Waals surface area (Å²) in [6.45, 7) is 4.78. The summed E-state index contributed by atoms with van der Waals surface area (Å²) in [6.07, 6.45) is 34.6. The second-order valence-corrected chi connectivity index (χ2v) is 12.6. The summed E-state index contributed by atoms with van der Waals surface area (Å²) in [5.74, 6) is 0.156. The molecule has 3 rings (SSSR count). The minimum atomic E-state index is -0.438. The number of benzene rings is 1. The minimum Gasteiger partial charge on any atom is -0.493 e. The third-order valence-corrected chi connectivity index (χ3v) is 8.66. The summed E-state index contributed by atoms with van der Waals surface area (Å²) in [7, 11) is 0. The molecule has 0 bridgehead atoms. The van der Waals surface area contributed by atoms with Crippen LogP contribution in [0.2, 0.25) is 0 Å². The standard InChI is InChI=1S/C41H52N2O4S/c1-3-5-6-7-8-9-10-11-12-13-14-15-16-17-18-19-20-21-22-23-39(44)43-40(45)38(48-41(43)46)32-35-25-28-37(29-26-35)47-31-30-36-27-24-34(4-2)33-42-36/h5-6,8-9,11-12,14-15,17-18,24-29,33,45H,3-4,7,10,13,16,19-23,30-32H2,1-2H3. The lowest BCUT2D eigenvalue weighted by molar-refractivity contribution is 0.0886. The number of hydrogen-bond donors (Lipinski definition) is 1. The lowest BCUT2D eigenvalue weighted by atomic mass is 10.1. The molecule has 0 unspecified atom stereocenters. The van der Waals surface area contributed by atoms with Gasteiger partial charge in [0.15, 0.2) is 0 Å². The molecule has 6 nitrogen and oxygen atoms in total. The molecule has 256 valence electrons. The van der Waals surface area contributed by atoms with Gasteiger partial charge in [0.1, 0.15) is 5.75 Å². The van der Waals surface area contributed by atoms with Crippen LogP contribution in [0.5, 0.6) is 11.6 Å². The Kier molecular flexibility index (Phi) is 18.4. The highest BCUT2D eigenvalue weighted by Crippen LogP contribution is 2.25. The fraction of sp³-hybridized carbons (Fsp3) is 0.390. The SMILES string of the molecule is CCC=CCC=CCC=CCC=CCC=CCCCCCC(=O)n1c(O)c(Cc2ccc(OCCc3ccc(CC)cn3)cc2)sc1=O. The van der Waals surface area contributed by atoms with Gasteiger partial charge in [-0.3, -0.25) is 14.6 Å². The molecule has 1 N–H and O–H groups in total. The maximum atomic E-state index is 12.8. The predicted octanol–water partition coefficient (Wildman–Crippen LogP) is 10.1. The molecule has 0 saturated carbocycles. The van der Waals surface area contributed by atoms with E-state index in [1.54, 1.807) is 0 Å². The maximum absolute atomic E-state index is 12.8. The summed E-state index contributed by atoms with van der Waals surface area (Å²) in [6, 6.07) is 11.7. The number of thiazole rings is 1. The van der Waals surface area contributed by atoms with Crippen LogP contribution in [0, 0.1) is 0 Å². The van der Waals surface area contributed by atoms with E-state index in [0.717, 1.165) is 97.1 Å². The summed E-state index contributed by atoms with van der Waals surface area (Å²) in [5.41, 5.74) is 3.13. The Morgan fingerprint density at radius 3 is 2.04 bits per heavy atom. The molecule has 7 heteroatoms. The first kappa shape index (κ1) is 38.2. The first-order valence-electron chi connectivity index (χ1n) is 17.4. The van der Waals surface area contributed by atoms with Gasteiger partial charge in [0.05, 0.1) is 11.5 Å². The highest BCUT2D eigenvalue weighted by Gasteiger charge is 2.19. The van der Waals surface area contributed by atoms with Gasteiger partial charge in [0, 0.05) is 31.2 Å². The molecule has 3 aromatic rings. The third kappa shape index (κ3) is 14.7. The lowest BCUT2D eigenvalue weighted by Gasteiger charge is -2.08. The fourth-order valence-electron chi connectivity index (χ4n) is 4.91. The number of pyridine rings is 1. The monoisotopic (exact) mass is 668 g/mol. The number of carbonyl (C=O) groups is 1. The van der Waals surface area contributed by atoms with Crippen molar-refractivity contribution in [1.29, 1.82) is 0 Å². The predicted molar refractivity (Wildman–Crippen MR) is 200 cm³/mol. The molecule has 0 aliphatic carbocycles. The normalized spacial score (nSPS) is 12.1. The average Bonchev–Trinajstić information content (AvgIpc) is 3.38. The van der Waals surface area contributed by atoms with Gasteiger partial charge in [0.2, 0.25) is 11.8 Å². The van der Waals surface area contributed by atoms with Crippen LogP contribution in [0.25, 0.3) is 0 Å². The number of allylic oxidation sites excluding steroid dienone is 10. The van der Waals surface area contributed by atoms with Crippen LogP contribution < -0.4 is 9.61 Å². The molecule has 0 saturated heterocycles. The van der Waals surface area contributed by atoms with Gasteiger partial charge < -0.3 is 9.84 Å². The zero-order chi connectivity index (χ0) is 34.2. The average molecular weight is 669 g/mol. The van der Waals surface area contributed by atoms with Crippen molar-refractivity contribution in [2.75, 3.05) is 6.61 Å². The van der Waals surface area contributed by atoms with Gasteiger partial charge in [-0.15, -0.1) is 0 Å².